The van der Waals surface area contributed by atoms with E-state index in [9.17, 15) is 52.7 Å². The number of halogens is 12. The first-order valence-electron chi connectivity index (χ1n) is 7.14. The highest BCUT2D eigenvalue weighted by molar-refractivity contribution is 5.16. The molecular formula is C15H12F12. The van der Waals surface area contributed by atoms with Gasteiger partial charge in [0.2, 0.25) is 0 Å². The molecule has 0 amide bonds. The largest absolute Gasteiger partial charge is 0.384 e. The molecule has 0 aliphatic heterocycles. The Morgan fingerprint density at radius 3 is 1.41 bits per heavy atom. The topological polar surface area (TPSA) is 0 Å². The molecule has 0 fully saturated rings. The van der Waals surface area contributed by atoms with Crippen LogP contribution in [-0.4, -0.2) is 35.5 Å². The fourth-order valence-electron chi connectivity index (χ4n) is 2.00. The van der Waals surface area contributed by atoms with Crippen LogP contribution in [0.3, 0.4) is 0 Å². The molecule has 0 saturated heterocycles. The second-order valence-electron chi connectivity index (χ2n) is 5.88. The summed E-state index contributed by atoms with van der Waals surface area (Å²) in [5, 5.41) is 0. The first-order chi connectivity index (χ1) is 11.8. The molecule has 0 aromatic heterocycles. The molecule has 0 atom stereocenters. The maximum Gasteiger partial charge on any atom is 0.384 e. The third-order valence-electron chi connectivity index (χ3n) is 3.76. The summed E-state index contributed by atoms with van der Waals surface area (Å²) in [6, 6.07) is 6.22. The third kappa shape index (κ3) is 3.71. The van der Waals surface area contributed by atoms with Crippen molar-refractivity contribution in [3.8, 4) is 0 Å². The highest BCUT2D eigenvalue weighted by Gasteiger charge is 2.89. The van der Waals surface area contributed by atoms with E-state index >= 15 is 0 Å². The van der Waals surface area contributed by atoms with Crippen LogP contribution in [0.1, 0.15) is 18.9 Å². The molecule has 0 nitrogen and oxygen atoms in total. The van der Waals surface area contributed by atoms with Gasteiger partial charge >= 0.3 is 35.5 Å². The molecule has 0 bridgehead atoms. The van der Waals surface area contributed by atoms with E-state index in [4.69, 9.17) is 0 Å². The first-order valence-corrected chi connectivity index (χ1v) is 7.14. The van der Waals surface area contributed by atoms with Gasteiger partial charge in [0.05, 0.1) is 0 Å². The monoisotopic (exact) mass is 420 g/mol. The number of aryl methyl sites for hydroxylation is 1. The minimum Gasteiger partial charge on any atom is -0.200 e. The van der Waals surface area contributed by atoms with E-state index < -0.39 is 55.3 Å². The second-order valence-corrected chi connectivity index (χ2v) is 5.88. The lowest BCUT2D eigenvalue weighted by Gasteiger charge is -2.40. The van der Waals surface area contributed by atoms with Crippen molar-refractivity contribution in [1.82, 2.24) is 0 Å². The summed E-state index contributed by atoms with van der Waals surface area (Å²) in [6.45, 7) is -0.928. The molecule has 27 heavy (non-hydrogen) atoms. The van der Waals surface area contributed by atoms with E-state index in [1.54, 1.807) is 0 Å². The van der Waals surface area contributed by atoms with Crippen molar-refractivity contribution in [1.29, 1.82) is 0 Å². The Labute approximate surface area is 145 Å². The summed E-state index contributed by atoms with van der Waals surface area (Å²) >= 11 is 0. The lowest BCUT2D eigenvalue weighted by Crippen LogP contribution is -2.70. The third-order valence-corrected chi connectivity index (χ3v) is 3.76. The maximum absolute atomic E-state index is 13.6. The zero-order valence-corrected chi connectivity index (χ0v) is 13.3. The number of hydrogen-bond acceptors (Lipinski definition) is 0. The zero-order chi connectivity index (χ0) is 21.5. The fraction of sp³-hybridized carbons (Fsp3) is 0.600. The Bertz CT molecular complexity index is 630. The van der Waals surface area contributed by atoms with Gasteiger partial charge in [0, 0.05) is 13.3 Å². The van der Waals surface area contributed by atoms with E-state index in [0.29, 0.717) is 0 Å². The average molecular weight is 420 g/mol. The molecule has 156 valence electrons. The minimum atomic E-state index is -7.48. The first kappa shape index (κ1) is 23.4. The molecule has 0 unspecified atom stereocenters. The van der Waals surface area contributed by atoms with Crippen molar-refractivity contribution in [2.24, 2.45) is 0 Å². The van der Waals surface area contributed by atoms with E-state index in [0.717, 1.165) is 12.1 Å². The van der Waals surface area contributed by atoms with E-state index in [-0.39, 0.29) is 5.56 Å². The summed E-state index contributed by atoms with van der Waals surface area (Å²) in [5.41, 5.74) is -0.0616. The summed E-state index contributed by atoms with van der Waals surface area (Å²) < 4.78 is 159. The number of hydrogen-bond donors (Lipinski definition) is 0. The van der Waals surface area contributed by atoms with Gasteiger partial charge in [-0.15, -0.1) is 0 Å². The van der Waals surface area contributed by atoms with Gasteiger partial charge in [-0.05, 0) is 12.0 Å². The summed E-state index contributed by atoms with van der Waals surface area (Å²) in [6.07, 6.45) is -3.12. The van der Waals surface area contributed by atoms with Crippen LogP contribution in [0.15, 0.2) is 30.3 Å². The molecule has 0 spiro atoms. The van der Waals surface area contributed by atoms with Crippen LogP contribution in [0.5, 0.6) is 0 Å². The Balaban J connectivity index is 3.24. The van der Waals surface area contributed by atoms with E-state index in [1.807, 2.05) is 0 Å². The van der Waals surface area contributed by atoms with Crippen molar-refractivity contribution >= 4 is 0 Å². The lowest BCUT2D eigenvalue weighted by molar-refractivity contribution is -0.423. The predicted octanol–water partition coefficient (Wildman–Crippen LogP) is 6.45. The Hall–Kier alpha value is -1.62. The molecule has 0 aliphatic rings. The summed E-state index contributed by atoms with van der Waals surface area (Å²) in [4.78, 5) is 0. The molecule has 0 heterocycles. The van der Waals surface area contributed by atoms with Gasteiger partial charge in [-0.25, -0.2) is 0 Å². The summed E-state index contributed by atoms with van der Waals surface area (Å²) in [7, 11) is 0. The van der Waals surface area contributed by atoms with Crippen LogP contribution in [0, 0.1) is 0 Å². The molecule has 1 aromatic rings. The Kier molecular flexibility index (Phi) is 5.87. The van der Waals surface area contributed by atoms with Gasteiger partial charge in [0.25, 0.3) is 0 Å². The molecule has 1 rings (SSSR count). The number of alkyl halides is 12. The van der Waals surface area contributed by atoms with Gasteiger partial charge in [0.15, 0.2) is 0 Å². The Morgan fingerprint density at radius 1 is 0.593 bits per heavy atom. The molecule has 0 N–H and O–H groups in total. The van der Waals surface area contributed by atoms with Crippen LogP contribution in [0.25, 0.3) is 0 Å². The van der Waals surface area contributed by atoms with Crippen molar-refractivity contribution in [3.63, 3.8) is 0 Å². The average Bonchev–Trinajstić information content (AvgIpc) is 2.52. The van der Waals surface area contributed by atoms with Crippen molar-refractivity contribution in [2.75, 3.05) is 0 Å². The second kappa shape index (κ2) is 6.77. The van der Waals surface area contributed by atoms with Crippen LogP contribution >= 0.6 is 0 Å². The normalized spacial score (nSPS) is 15.1. The molecule has 1 aromatic carbocycles. The van der Waals surface area contributed by atoms with Crippen LogP contribution in [0.4, 0.5) is 52.7 Å². The maximum atomic E-state index is 13.6. The van der Waals surface area contributed by atoms with Crippen molar-refractivity contribution in [3.05, 3.63) is 35.9 Å². The van der Waals surface area contributed by atoms with Gasteiger partial charge in [-0.1, -0.05) is 30.3 Å². The quantitative estimate of drug-likeness (QED) is 0.424. The van der Waals surface area contributed by atoms with Crippen LogP contribution in [-0.2, 0) is 6.42 Å². The highest BCUT2D eigenvalue weighted by atomic mass is 19.4. The molecular weight excluding hydrogens is 408 g/mol. The number of benzene rings is 1. The predicted molar refractivity (Wildman–Crippen MR) is 70.1 cm³/mol. The smallest absolute Gasteiger partial charge is 0.200 e. The molecule has 0 saturated carbocycles. The van der Waals surface area contributed by atoms with Gasteiger partial charge in [-0.3, -0.25) is 0 Å². The van der Waals surface area contributed by atoms with E-state index in [1.165, 1.54) is 18.2 Å². The SMILES string of the molecule is CC(F)(F)C(F)(F)C(F)(F)C(F)(F)C(F)(F)C(F)(F)CCc1ccccc1. The molecule has 0 aliphatic carbocycles. The molecule has 0 radical (unpaired) electrons. The Morgan fingerprint density at radius 2 is 1.00 bits per heavy atom. The van der Waals surface area contributed by atoms with Gasteiger partial charge < -0.3 is 0 Å². The van der Waals surface area contributed by atoms with Gasteiger partial charge in [-0.2, -0.15) is 52.7 Å². The van der Waals surface area contributed by atoms with E-state index in [2.05, 4.69) is 0 Å². The lowest BCUT2D eigenvalue weighted by atomic mass is 9.89. The summed E-state index contributed by atoms with van der Waals surface area (Å²) in [5.74, 6) is -40.8. The fourth-order valence-corrected chi connectivity index (χ4v) is 2.00. The highest BCUT2D eigenvalue weighted by Crippen LogP contribution is 2.60. The zero-order valence-electron chi connectivity index (χ0n) is 13.3. The van der Waals surface area contributed by atoms with Crippen LogP contribution < -0.4 is 0 Å². The van der Waals surface area contributed by atoms with Crippen molar-refractivity contribution < 1.29 is 52.7 Å². The standard InChI is InChI=1S/C15H12F12/c1-10(16,17)12(20,21)14(24,25)15(26,27)13(22,23)11(18,19)8-7-9-5-3-2-4-6-9/h2-6H,7-8H2,1H3. The minimum absolute atomic E-state index is 0.0616. The van der Waals surface area contributed by atoms with Crippen LogP contribution in [0.2, 0.25) is 0 Å². The van der Waals surface area contributed by atoms with Crippen molar-refractivity contribution in [2.45, 2.75) is 55.3 Å². The number of rotatable bonds is 8. The van der Waals surface area contributed by atoms with Gasteiger partial charge in [0.1, 0.15) is 0 Å². The molecule has 12 heteroatoms.